The Morgan fingerprint density at radius 1 is 1.06 bits per heavy atom. The summed E-state index contributed by atoms with van der Waals surface area (Å²) in [6.45, 7) is 6.51. The van der Waals surface area contributed by atoms with Gasteiger partial charge in [-0.3, -0.25) is 10.00 Å². The Bertz CT molecular complexity index is 1220. The number of hydrogen-bond acceptors (Lipinski definition) is 9. The minimum absolute atomic E-state index is 0.208. The molecule has 1 atom stereocenters. The number of nitrogens with one attached hydrogen (secondary N) is 1. The largest absolute Gasteiger partial charge is 0.383 e. The van der Waals surface area contributed by atoms with E-state index >= 15 is 0 Å². The maximum absolute atomic E-state index is 11.9. The third-order valence-electron chi connectivity index (χ3n) is 6.77. The highest BCUT2D eigenvalue weighted by Gasteiger charge is 2.30. The predicted octanol–water partition coefficient (Wildman–Crippen LogP) is 1.42. The molecule has 2 aliphatic rings. The number of aromatic nitrogens is 4. The molecule has 3 aromatic rings. The quantitative estimate of drug-likeness (QED) is 0.514. The molecule has 0 saturated carbocycles. The Morgan fingerprint density at radius 3 is 2.38 bits per heavy atom. The van der Waals surface area contributed by atoms with Crippen molar-refractivity contribution in [3.05, 3.63) is 48.5 Å². The second-order valence-corrected chi connectivity index (χ2v) is 11.0. The first kappa shape index (κ1) is 22.8. The summed E-state index contributed by atoms with van der Waals surface area (Å²) < 4.78 is 23.8. The topological polar surface area (TPSA) is 124 Å². The summed E-state index contributed by atoms with van der Waals surface area (Å²) in [5.41, 5.74) is 9.04. The number of benzene rings is 1. The number of rotatable bonds is 7. The zero-order valence-electron chi connectivity index (χ0n) is 19.3. The number of H-pyrrole nitrogens is 1. The molecule has 2 saturated heterocycles. The lowest BCUT2D eigenvalue weighted by Crippen LogP contribution is -2.51. The molecule has 0 aliphatic carbocycles. The average molecular weight is 483 g/mol. The van der Waals surface area contributed by atoms with Crippen LogP contribution in [0.1, 0.15) is 18.0 Å². The van der Waals surface area contributed by atoms with Gasteiger partial charge in [-0.25, -0.2) is 18.4 Å². The normalized spacial score (nSPS) is 18.6. The lowest BCUT2D eigenvalue weighted by Gasteiger charge is -2.43. The molecule has 1 aromatic carbocycles. The SMILES string of the molecule is CS(=O)(=O)c1ccc(C(CN2CCC2)N2CCN(c3ncnc(N)c3-c3cn[nH]c3)CC2)cc1. The molecule has 11 heteroatoms. The highest BCUT2D eigenvalue weighted by molar-refractivity contribution is 7.90. The van der Waals surface area contributed by atoms with Crippen molar-refractivity contribution in [2.75, 3.05) is 62.7 Å². The number of piperazine rings is 1. The van der Waals surface area contributed by atoms with Crippen LogP contribution in [-0.2, 0) is 9.84 Å². The Kier molecular flexibility index (Phi) is 6.24. The van der Waals surface area contributed by atoms with Crippen LogP contribution < -0.4 is 10.6 Å². The lowest BCUT2D eigenvalue weighted by atomic mass is 10.0. The van der Waals surface area contributed by atoms with E-state index in [1.54, 1.807) is 24.5 Å². The summed E-state index contributed by atoms with van der Waals surface area (Å²) in [4.78, 5) is 16.3. The molecule has 180 valence electrons. The third-order valence-corrected chi connectivity index (χ3v) is 7.90. The van der Waals surface area contributed by atoms with Gasteiger partial charge in [0, 0.05) is 56.8 Å². The first-order valence-corrected chi connectivity index (χ1v) is 13.4. The van der Waals surface area contributed by atoms with Gasteiger partial charge in [-0.2, -0.15) is 5.10 Å². The van der Waals surface area contributed by atoms with Gasteiger partial charge in [0.25, 0.3) is 0 Å². The zero-order valence-corrected chi connectivity index (χ0v) is 20.1. The Labute approximate surface area is 199 Å². The summed E-state index contributed by atoms with van der Waals surface area (Å²) in [5.74, 6) is 1.26. The van der Waals surface area contributed by atoms with Crippen LogP contribution in [0, 0.1) is 0 Å². The smallest absolute Gasteiger partial charge is 0.175 e. The molecule has 34 heavy (non-hydrogen) atoms. The Balaban J connectivity index is 1.35. The summed E-state index contributed by atoms with van der Waals surface area (Å²) in [6, 6.07) is 7.60. The molecule has 1 unspecified atom stereocenters. The number of nitrogens with zero attached hydrogens (tertiary/aromatic N) is 6. The summed E-state index contributed by atoms with van der Waals surface area (Å²) in [5, 5.41) is 6.89. The molecule has 0 radical (unpaired) electrons. The lowest BCUT2D eigenvalue weighted by molar-refractivity contribution is 0.0966. The zero-order chi connectivity index (χ0) is 23.7. The van der Waals surface area contributed by atoms with Crippen molar-refractivity contribution >= 4 is 21.5 Å². The van der Waals surface area contributed by atoms with E-state index in [-0.39, 0.29) is 6.04 Å². The van der Waals surface area contributed by atoms with Gasteiger partial charge in [-0.15, -0.1) is 0 Å². The van der Waals surface area contributed by atoms with Crippen molar-refractivity contribution in [2.24, 2.45) is 0 Å². The first-order chi connectivity index (χ1) is 16.4. The summed E-state index contributed by atoms with van der Waals surface area (Å²) in [7, 11) is -3.21. The maximum Gasteiger partial charge on any atom is 0.175 e. The van der Waals surface area contributed by atoms with Gasteiger partial charge < -0.3 is 15.5 Å². The number of sulfone groups is 1. The van der Waals surface area contributed by atoms with Crippen molar-refractivity contribution in [1.82, 2.24) is 30.0 Å². The highest BCUT2D eigenvalue weighted by atomic mass is 32.2. The molecule has 2 aliphatic heterocycles. The molecule has 0 amide bonds. The van der Waals surface area contributed by atoms with Gasteiger partial charge in [0.05, 0.1) is 16.7 Å². The van der Waals surface area contributed by atoms with E-state index in [9.17, 15) is 8.42 Å². The molecule has 0 bridgehead atoms. The first-order valence-electron chi connectivity index (χ1n) is 11.5. The van der Waals surface area contributed by atoms with Gasteiger partial charge in [0.15, 0.2) is 9.84 Å². The van der Waals surface area contributed by atoms with Crippen molar-refractivity contribution in [1.29, 1.82) is 0 Å². The van der Waals surface area contributed by atoms with Crippen LogP contribution in [0.4, 0.5) is 11.6 Å². The number of nitrogens with two attached hydrogens (primary N) is 1. The van der Waals surface area contributed by atoms with Gasteiger partial charge in [-0.05, 0) is 37.2 Å². The van der Waals surface area contributed by atoms with E-state index in [0.717, 1.165) is 68.3 Å². The number of aromatic amines is 1. The molecule has 3 N–H and O–H groups in total. The molecule has 5 rings (SSSR count). The monoisotopic (exact) mass is 482 g/mol. The third kappa shape index (κ3) is 4.63. The molecule has 2 aromatic heterocycles. The van der Waals surface area contributed by atoms with Gasteiger partial charge >= 0.3 is 0 Å². The maximum atomic E-state index is 11.9. The van der Waals surface area contributed by atoms with E-state index in [1.165, 1.54) is 19.0 Å². The summed E-state index contributed by atoms with van der Waals surface area (Å²) in [6.07, 6.45) is 7.53. The van der Waals surface area contributed by atoms with Gasteiger partial charge in [0.1, 0.15) is 18.0 Å². The van der Waals surface area contributed by atoms with Crippen molar-refractivity contribution in [3.63, 3.8) is 0 Å². The fourth-order valence-electron chi connectivity index (χ4n) is 4.72. The van der Waals surface area contributed by atoms with Crippen molar-refractivity contribution < 1.29 is 8.42 Å². The number of hydrogen-bond donors (Lipinski definition) is 2. The van der Waals surface area contributed by atoms with Crippen LogP contribution in [0.5, 0.6) is 0 Å². The van der Waals surface area contributed by atoms with E-state index in [2.05, 4.69) is 34.9 Å². The van der Waals surface area contributed by atoms with Crippen LogP contribution in [0.3, 0.4) is 0 Å². The van der Waals surface area contributed by atoms with Crippen LogP contribution in [0.15, 0.2) is 47.9 Å². The van der Waals surface area contributed by atoms with E-state index in [4.69, 9.17) is 5.73 Å². The molecule has 2 fully saturated rings. The summed E-state index contributed by atoms with van der Waals surface area (Å²) >= 11 is 0. The predicted molar refractivity (Wildman–Crippen MR) is 131 cm³/mol. The molecule has 0 spiro atoms. The van der Waals surface area contributed by atoms with E-state index in [0.29, 0.717) is 10.7 Å². The fraction of sp³-hybridized carbons (Fsp3) is 0.435. The molecular weight excluding hydrogens is 452 g/mol. The van der Waals surface area contributed by atoms with Gasteiger partial charge in [0.2, 0.25) is 0 Å². The highest BCUT2D eigenvalue weighted by Crippen LogP contribution is 2.34. The average Bonchev–Trinajstić information content (AvgIpc) is 3.32. The fourth-order valence-corrected chi connectivity index (χ4v) is 5.35. The Hall–Kier alpha value is -3.02. The standard InChI is InChI=1S/C23H30N8O2S/c1-34(32,33)19-5-3-17(4-6-19)20(15-29-7-2-8-29)30-9-11-31(12-10-30)23-21(18-13-27-28-14-18)22(24)25-16-26-23/h3-6,13-14,16,20H,2,7-12,15H2,1H3,(H,27,28)(H2,24,25,26). The van der Waals surface area contributed by atoms with Crippen LogP contribution in [0.2, 0.25) is 0 Å². The number of likely N-dealkylation sites (tertiary alicyclic amines) is 1. The Morgan fingerprint density at radius 2 is 1.79 bits per heavy atom. The van der Waals surface area contributed by atoms with E-state index < -0.39 is 9.84 Å². The van der Waals surface area contributed by atoms with Crippen LogP contribution in [-0.4, -0.2) is 90.5 Å². The molecule has 4 heterocycles. The minimum Gasteiger partial charge on any atom is -0.383 e. The van der Waals surface area contributed by atoms with E-state index in [1.807, 2.05) is 12.1 Å². The second kappa shape index (κ2) is 9.32. The minimum atomic E-state index is -3.21. The molecule has 10 nitrogen and oxygen atoms in total. The number of anilines is 2. The van der Waals surface area contributed by atoms with Crippen LogP contribution >= 0.6 is 0 Å². The second-order valence-electron chi connectivity index (χ2n) is 8.98. The number of nitrogen functional groups attached to an aromatic ring is 1. The molecular formula is C23H30N8O2S. The van der Waals surface area contributed by atoms with Gasteiger partial charge in [-0.1, -0.05) is 12.1 Å². The van der Waals surface area contributed by atoms with Crippen molar-refractivity contribution in [3.8, 4) is 11.1 Å². The van der Waals surface area contributed by atoms with Crippen LogP contribution in [0.25, 0.3) is 11.1 Å². The van der Waals surface area contributed by atoms with Crippen molar-refractivity contribution in [2.45, 2.75) is 17.4 Å².